The van der Waals surface area contributed by atoms with Crippen molar-refractivity contribution in [2.75, 3.05) is 17.2 Å². The Morgan fingerprint density at radius 1 is 1.05 bits per heavy atom. The number of carbonyl (C=O) groups is 1. The summed E-state index contributed by atoms with van der Waals surface area (Å²) >= 11 is 3.46. The first-order valence-electron chi connectivity index (χ1n) is 6.93. The van der Waals surface area contributed by atoms with E-state index in [2.05, 4.69) is 26.6 Å². The van der Waals surface area contributed by atoms with Gasteiger partial charge in [-0.25, -0.2) is 0 Å². The van der Waals surface area contributed by atoms with Crippen molar-refractivity contribution < 1.29 is 4.79 Å². The Hall–Kier alpha value is -1.81. The number of amides is 1. The number of nitrogens with one attached hydrogen (secondary N) is 2. The second-order valence-corrected chi connectivity index (χ2v) is 5.87. The number of carbonyl (C=O) groups excluding carboxylic acids is 1. The van der Waals surface area contributed by atoms with Crippen LogP contribution in [-0.2, 0) is 0 Å². The molecule has 0 fully saturated rings. The second kappa shape index (κ2) is 6.76. The van der Waals surface area contributed by atoms with Gasteiger partial charge in [0.1, 0.15) is 0 Å². The molecule has 2 aromatic rings. The van der Waals surface area contributed by atoms with Gasteiger partial charge in [0.2, 0.25) is 0 Å². The zero-order valence-corrected chi connectivity index (χ0v) is 14.0. The van der Waals surface area contributed by atoms with Gasteiger partial charge in [0.05, 0.1) is 11.3 Å². The molecule has 0 saturated heterocycles. The van der Waals surface area contributed by atoms with Crippen LogP contribution in [0.5, 0.6) is 0 Å². The van der Waals surface area contributed by atoms with E-state index in [1.165, 1.54) is 0 Å². The van der Waals surface area contributed by atoms with E-state index in [0.29, 0.717) is 5.56 Å². The van der Waals surface area contributed by atoms with E-state index in [1.807, 2.05) is 57.2 Å². The van der Waals surface area contributed by atoms with Gasteiger partial charge in [0, 0.05) is 16.7 Å². The van der Waals surface area contributed by atoms with E-state index in [9.17, 15) is 4.79 Å². The zero-order valence-electron chi connectivity index (χ0n) is 12.5. The third kappa shape index (κ3) is 3.85. The monoisotopic (exact) mass is 346 g/mol. The lowest BCUT2D eigenvalue weighted by Crippen LogP contribution is -2.15. The van der Waals surface area contributed by atoms with Crippen LogP contribution in [0, 0.1) is 13.8 Å². The normalized spacial score (nSPS) is 10.3. The molecule has 2 N–H and O–H groups in total. The number of rotatable bonds is 4. The standard InChI is InChI=1S/C17H19BrN2O/c1-4-19-15-9-11(2)5-7-13(15)17(21)20-16-10-12(3)6-8-14(16)18/h5-10,19H,4H2,1-3H3,(H,20,21). The van der Waals surface area contributed by atoms with Crippen LogP contribution in [0.15, 0.2) is 40.9 Å². The summed E-state index contributed by atoms with van der Waals surface area (Å²) in [6, 6.07) is 11.7. The van der Waals surface area contributed by atoms with E-state index in [-0.39, 0.29) is 5.91 Å². The van der Waals surface area contributed by atoms with E-state index < -0.39 is 0 Å². The number of anilines is 2. The fourth-order valence-corrected chi connectivity index (χ4v) is 2.46. The van der Waals surface area contributed by atoms with Crippen LogP contribution in [0.2, 0.25) is 0 Å². The molecule has 0 radical (unpaired) electrons. The molecule has 21 heavy (non-hydrogen) atoms. The van der Waals surface area contributed by atoms with E-state index >= 15 is 0 Å². The van der Waals surface area contributed by atoms with Gasteiger partial charge in [-0.1, -0.05) is 12.1 Å². The molecule has 2 aromatic carbocycles. The first-order valence-corrected chi connectivity index (χ1v) is 7.72. The highest BCUT2D eigenvalue weighted by atomic mass is 79.9. The number of benzene rings is 2. The van der Waals surface area contributed by atoms with Gasteiger partial charge in [-0.05, 0) is 72.1 Å². The molecule has 0 unspecified atom stereocenters. The highest BCUT2D eigenvalue weighted by Crippen LogP contribution is 2.25. The van der Waals surface area contributed by atoms with Crippen molar-refractivity contribution in [3.8, 4) is 0 Å². The summed E-state index contributed by atoms with van der Waals surface area (Å²) < 4.78 is 0.874. The Morgan fingerprint density at radius 2 is 1.67 bits per heavy atom. The van der Waals surface area contributed by atoms with E-state index in [1.54, 1.807) is 0 Å². The lowest BCUT2D eigenvalue weighted by atomic mass is 10.1. The minimum Gasteiger partial charge on any atom is -0.385 e. The predicted molar refractivity (Wildman–Crippen MR) is 92.2 cm³/mol. The van der Waals surface area contributed by atoms with Crippen LogP contribution in [-0.4, -0.2) is 12.5 Å². The Kier molecular flexibility index (Phi) is 5.02. The average molecular weight is 347 g/mol. The third-order valence-corrected chi connectivity index (χ3v) is 3.85. The fourth-order valence-electron chi connectivity index (χ4n) is 2.12. The van der Waals surface area contributed by atoms with Gasteiger partial charge in [-0.15, -0.1) is 0 Å². The summed E-state index contributed by atoms with van der Waals surface area (Å²) in [5.74, 6) is -0.114. The van der Waals surface area contributed by atoms with Gasteiger partial charge < -0.3 is 10.6 Å². The number of hydrogen-bond acceptors (Lipinski definition) is 2. The first-order chi connectivity index (χ1) is 10.0. The van der Waals surface area contributed by atoms with E-state index in [0.717, 1.165) is 33.5 Å². The molecule has 0 bridgehead atoms. The summed E-state index contributed by atoms with van der Waals surface area (Å²) in [7, 11) is 0. The summed E-state index contributed by atoms with van der Waals surface area (Å²) in [4.78, 5) is 12.5. The Balaban J connectivity index is 2.30. The molecule has 0 atom stereocenters. The number of hydrogen-bond donors (Lipinski definition) is 2. The maximum atomic E-state index is 12.5. The molecule has 0 heterocycles. The molecule has 4 heteroatoms. The van der Waals surface area contributed by atoms with Crippen LogP contribution >= 0.6 is 15.9 Å². The van der Waals surface area contributed by atoms with Gasteiger partial charge in [0.25, 0.3) is 5.91 Å². The van der Waals surface area contributed by atoms with Crippen molar-refractivity contribution >= 4 is 33.2 Å². The number of aryl methyl sites for hydroxylation is 2. The Bertz CT molecular complexity index is 668. The molecule has 110 valence electrons. The molecule has 0 aliphatic rings. The molecular weight excluding hydrogens is 328 g/mol. The number of halogens is 1. The molecule has 0 aliphatic heterocycles. The minimum absolute atomic E-state index is 0.114. The van der Waals surface area contributed by atoms with Crippen molar-refractivity contribution in [1.82, 2.24) is 0 Å². The SMILES string of the molecule is CCNc1cc(C)ccc1C(=O)Nc1cc(C)ccc1Br. The molecule has 0 aliphatic carbocycles. The molecule has 2 rings (SSSR count). The van der Waals surface area contributed by atoms with Gasteiger partial charge >= 0.3 is 0 Å². The van der Waals surface area contributed by atoms with Crippen molar-refractivity contribution in [2.24, 2.45) is 0 Å². The minimum atomic E-state index is -0.114. The van der Waals surface area contributed by atoms with Crippen molar-refractivity contribution in [1.29, 1.82) is 0 Å². The fraction of sp³-hybridized carbons (Fsp3) is 0.235. The molecule has 1 amide bonds. The van der Waals surface area contributed by atoms with Gasteiger partial charge in [-0.2, -0.15) is 0 Å². The molecule has 0 aromatic heterocycles. The Morgan fingerprint density at radius 3 is 2.33 bits per heavy atom. The molecular formula is C17H19BrN2O. The van der Waals surface area contributed by atoms with Crippen LogP contribution in [0.4, 0.5) is 11.4 Å². The van der Waals surface area contributed by atoms with Crippen LogP contribution < -0.4 is 10.6 Å². The lowest BCUT2D eigenvalue weighted by Gasteiger charge is -2.13. The third-order valence-electron chi connectivity index (χ3n) is 3.16. The average Bonchev–Trinajstić information content (AvgIpc) is 2.43. The molecule has 0 spiro atoms. The Labute approximate surface area is 133 Å². The first kappa shape index (κ1) is 15.6. The lowest BCUT2D eigenvalue weighted by molar-refractivity contribution is 0.102. The van der Waals surface area contributed by atoms with Crippen LogP contribution in [0.3, 0.4) is 0 Å². The quantitative estimate of drug-likeness (QED) is 0.838. The highest BCUT2D eigenvalue weighted by molar-refractivity contribution is 9.10. The maximum Gasteiger partial charge on any atom is 0.257 e. The van der Waals surface area contributed by atoms with Crippen molar-refractivity contribution in [3.63, 3.8) is 0 Å². The molecule has 3 nitrogen and oxygen atoms in total. The van der Waals surface area contributed by atoms with Crippen LogP contribution in [0.25, 0.3) is 0 Å². The van der Waals surface area contributed by atoms with Crippen molar-refractivity contribution in [2.45, 2.75) is 20.8 Å². The summed E-state index contributed by atoms with van der Waals surface area (Å²) in [5, 5.41) is 6.20. The van der Waals surface area contributed by atoms with Gasteiger partial charge in [-0.3, -0.25) is 4.79 Å². The maximum absolute atomic E-state index is 12.5. The second-order valence-electron chi connectivity index (χ2n) is 5.02. The predicted octanol–water partition coefficient (Wildman–Crippen LogP) is 4.75. The zero-order chi connectivity index (χ0) is 15.4. The largest absolute Gasteiger partial charge is 0.385 e. The smallest absolute Gasteiger partial charge is 0.257 e. The van der Waals surface area contributed by atoms with Gasteiger partial charge in [0.15, 0.2) is 0 Å². The molecule has 0 saturated carbocycles. The summed E-state index contributed by atoms with van der Waals surface area (Å²) in [6.45, 7) is 6.80. The highest BCUT2D eigenvalue weighted by Gasteiger charge is 2.13. The van der Waals surface area contributed by atoms with Crippen LogP contribution in [0.1, 0.15) is 28.4 Å². The summed E-state index contributed by atoms with van der Waals surface area (Å²) in [6.07, 6.45) is 0. The van der Waals surface area contributed by atoms with Crippen molar-refractivity contribution in [3.05, 3.63) is 57.6 Å². The topological polar surface area (TPSA) is 41.1 Å². The summed E-state index contributed by atoms with van der Waals surface area (Å²) in [5.41, 5.74) is 4.52. The van der Waals surface area contributed by atoms with E-state index in [4.69, 9.17) is 0 Å².